The van der Waals surface area contributed by atoms with Crippen molar-refractivity contribution in [1.29, 1.82) is 0 Å². The number of ether oxygens (including phenoxy) is 1. The molecule has 1 aromatic heterocycles. The lowest BCUT2D eigenvalue weighted by Gasteiger charge is -2.29. The fourth-order valence-corrected chi connectivity index (χ4v) is 3.71. The molecule has 1 N–H and O–H groups in total. The van der Waals surface area contributed by atoms with Gasteiger partial charge in [-0.3, -0.25) is 14.2 Å². The summed E-state index contributed by atoms with van der Waals surface area (Å²) < 4.78 is 7.44. The highest BCUT2D eigenvalue weighted by molar-refractivity contribution is 5.99. The van der Waals surface area contributed by atoms with Crippen LogP contribution >= 0.6 is 0 Å². The Kier molecular flexibility index (Phi) is 4.84. The molecule has 5 rings (SSSR count). The van der Waals surface area contributed by atoms with E-state index in [0.29, 0.717) is 23.7 Å². The van der Waals surface area contributed by atoms with Crippen LogP contribution in [0.25, 0.3) is 16.7 Å². The number of aromatic nitrogens is 2. The van der Waals surface area contributed by atoms with Crippen LogP contribution in [0, 0.1) is 0 Å². The molecule has 0 saturated carbocycles. The minimum Gasteiger partial charge on any atom is -0.482 e. The topological polar surface area (TPSA) is 76.5 Å². The summed E-state index contributed by atoms with van der Waals surface area (Å²) in [5.74, 6) is 0.353. The summed E-state index contributed by atoms with van der Waals surface area (Å²) in [5, 5.41) is 2.90. The Bertz CT molecular complexity index is 1260. The number of anilines is 2. The molecule has 154 valence electrons. The number of hydrogen-bond acceptors (Lipinski definition) is 4. The molecular formula is C24H20N4O3. The number of imidazole rings is 1. The minimum atomic E-state index is -0.155. The molecule has 0 bridgehead atoms. The molecule has 0 radical (unpaired) electrons. The average Bonchev–Trinajstić information content (AvgIpc) is 3.23. The smallest absolute Gasteiger partial charge is 0.265 e. The Labute approximate surface area is 178 Å². The summed E-state index contributed by atoms with van der Waals surface area (Å²) >= 11 is 0. The third kappa shape index (κ3) is 3.73. The summed E-state index contributed by atoms with van der Waals surface area (Å²) in [6.45, 7) is 0.285. The van der Waals surface area contributed by atoms with Crippen LogP contribution in [-0.4, -0.2) is 34.5 Å². The van der Waals surface area contributed by atoms with E-state index in [1.165, 1.54) is 0 Å². The van der Waals surface area contributed by atoms with Crippen molar-refractivity contribution in [2.75, 3.05) is 23.4 Å². The normalized spacial score (nSPS) is 13.0. The Morgan fingerprint density at radius 1 is 1.00 bits per heavy atom. The lowest BCUT2D eigenvalue weighted by molar-refractivity contribution is -0.121. The van der Waals surface area contributed by atoms with Crippen LogP contribution in [0.1, 0.15) is 6.42 Å². The monoisotopic (exact) mass is 412 g/mol. The number of carbonyl (C=O) groups excluding carboxylic acids is 2. The molecule has 1 aliphatic heterocycles. The Hall–Kier alpha value is -4.13. The van der Waals surface area contributed by atoms with Gasteiger partial charge in [-0.15, -0.1) is 0 Å². The van der Waals surface area contributed by atoms with E-state index >= 15 is 0 Å². The fourth-order valence-electron chi connectivity index (χ4n) is 3.71. The molecule has 3 aromatic carbocycles. The average molecular weight is 412 g/mol. The molecule has 7 heteroatoms. The Morgan fingerprint density at radius 3 is 2.65 bits per heavy atom. The van der Waals surface area contributed by atoms with Crippen molar-refractivity contribution in [3.05, 3.63) is 79.1 Å². The van der Waals surface area contributed by atoms with Gasteiger partial charge in [0.2, 0.25) is 5.91 Å². The van der Waals surface area contributed by atoms with Crippen molar-refractivity contribution in [3.8, 4) is 11.4 Å². The van der Waals surface area contributed by atoms with Crippen LogP contribution in [0.2, 0.25) is 0 Å². The van der Waals surface area contributed by atoms with E-state index in [0.717, 1.165) is 16.7 Å². The van der Waals surface area contributed by atoms with E-state index in [1.54, 1.807) is 11.2 Å². The van der Waals surface area contributed by atoms with E-state index in [4.69, 9.17) is 4.74 Å². The van der Waals surface area contributed by atoms with Crippen LogP contribution < -0.4 is 15.0 Å². The van der Waals surface area contributed by atoms with Gasteiger partial charge in [0.15, 0.2) is 6.61 Å². The minimum absolute atomic E-state index is 0.0109. The lowest BCUT2D eigenvalue weighted by Crippen LogP contribution is -2.40. The van der Waals surface area contributed by atoms with E-state index in [9.17, 15) is 9.59 Å². The van der Waals surface area contributed by atoms with Gasteiger partial charge in [0.1, 0.15) is 12.1 Å². The predicted molar refractivity (Wildman–Crippen MR) is 119 cm³/mol. The second-order valence-corrected chi connectivity index (χ2v) is 7.25. The summed E-state index contributed by atoms with van der Waals surface area (Å²) in [4.78, 5) is 30.7. The van der Waals surface area contributed by atoms with Crippen molar-refractivity contribution in [1.82, 2.24) is 9.55 Å². The largest absolute Gasteiger partial charge is 0.482 e. The standard InChI is InChI=1S/C24H20N4O3/c29-23(13-14-27-21-7-3-4-8-22(21)31-15-24(27)30)26-17-9-11-18(12-10-17)28-16-25-19-5-1-2-6-20(19)28/h1-12,16H,13-15H2,(H,26,29). The zero-order chi connectivity index (χ0) is 21.2. The molecule has 0 unspecified atom stereocenters. The third-order valence-electron chi connectivity index (χ3n) is 5.25. The molecule has 2 amide bonds. The molecule has 0 saturated heterocycles. The molecule has 0 spiro atoms. The number of fused-ring (bicyclic) bond motifs is 2. The number of nitrogens with one attached hydrogen (secondary N) is 1. The van der Waals surface area contributed by atoms with Crippen molar-refractivity contribution < 1.29 is 14.3 Å². The number of hydrogen-bond donors (Lipinski definition) is 1. The number of amides is 2. The first-order chi connectivity index (χ1) is 15.2. The second-order valence-electron chi connectivity index (χ2n) is 7.25. The number of para-hydroxylation sites is 4. The lowest BCUT2D eigenvalue weighted by atomic mass is 10.2. The quantitative estimate of drug-likeness (QED) is 0.541. The third-order valence-corrected chi connectivity index (χ3v) is 5.25. The van der Waals surface area contributed by atoms with Crippen molar-refractivity contribution in [3.63, 3.8) is 0 Å². The van der Waals surface area contributed by atoms with E-state index in [1.807, 2.05) is 77.4 Å². The van der Waals surface area contributed by atoms with Crippen LogP contribution in [0.3, 0.4) is 0 Å². The number of benzene rings is 3. The van der Waals surface area contributed by atoms with Gasteiger partial charge >= 0.3 is 0 Å². The van der Waals surface area contributed by atoms with Crippen molar-refractivity contribution in [2.24, 2.45) is 0 Å². The molecule has 31 heavy (non-hydrogen) atoms. The SMILES string of the molecule is O=C(CCN1C(=O)COc2ccccc21)Nc1ccc(-n2cnc3ccccc32)cc1. The summed E-state index contributed by atoms with van der Waals surface area (Å²) in [6.07, 6.45) is 1.98. The summed E-state index contributed by atoms with van der Waals surface area (Å²) in [6, 6.07) is 22.9. The molecule has 0 fully saturated rings. The van der Waals surface area contributed by atoms with Crippen molar-refractivity contribution >= 4 is 34.2 Å². The maximum absolute atomic E-state index is 12.5. The second kappa shape index (κ2) is 7.95. The van der Waals surface area contributed by atoms with Crippen LogP contribution in [0.15, 0.2) is 79.1 Å². The first-order valence-electron chi connectivity index (χ1n) is 10.0. The van der Waals surface area contributed by atoms with Crippen LogP contribution in [0.5, 0.6) is 5.75 Å². The molecule has 0 aliphatic carbocycles. The Balaban J connectivity index is 1.24. The molecule has 2 heterocycles. The maximum atomic E-state index is 12.5. The summed E-state index contributed by atoms with van der Waals surface area (Å²) in [7, 11) is 0. The van der Waals surface area contributed by atoms with Gasteiger partial charge in [-0.2, -0.15) is 0 Å². The van der Waals surface area contributed by atoms with Gasteiger partial charge in [0, 0.05) is 24.3 Å². The van der Waals surface area contributed by atoms with Crippen LogP contribution in [0.4, 0.5) is 11.4 Å². The highest BCUT2D eigenvalue weighted by Gasteiger charge is 2.25. The molecular weight excluding hydrogens is 392 g/mol. The zero-order valence-electron chi connectivity index (χ0n) is 16.7. The predicted octanol–water partition coefficient (Wildman–Crippen LogP) is 3.78. The first kappa shape index (κ1) is 18.9. The number of nitrogens with zero attached hydrogens (tertiary/aromatic N) is 3. The zero-order valence-corrected chi connectivity index (χ0v) is 16.7. The van der Waals surface area contributed by atoms with Gasteiger partial charge in [-0.25, -0.2) is 4.98 Å². The molecule has 0 atom stereocenters. The highest BCUT2D eigenvalue weighted by Crippen LogP contribution is 2.31. The Morgan fingerprint density at radius 2 is 1.77 bits per heavy atom. The van der Waals surface area contributed by atoms with Gasteiger partial charge < -0.3 is 15.0 Å². The maximum Gasteiger partial charge on any atom is 0.265 e. The van der Waals surface area contributed by atoms with Crippen LogP contribution in [-0.2, 0) is 9.59 Å². The fraction of sp³-hybridized carbons (Fsp3) is 0.125. The number of rotatable bonds is 5. The summed E-state index contributed by atoms with van der Waals surface area (Å²) in [5.41, 5.74) is 4.31. The van der Waals surface area contributed by atoms with Gasteiger partial charge in [0.05, 0.1) is 16.7 Å². The first-order valence-corrected chi connectivity index (χ1v) is 10.0. The van der Waals surface area contributed by atoms with E-state index < -0.39 is 0 Å². The molecule has 7 nitrogen and oxygen atoms in total. The molecule has 1 aliphatic rings. The van der Waals surface area contributed by atoms with E-state index in [2.05, 4.69) is 10.3 Å². The molecule has 4 aromatic rings. The van der Waals surface area contributed by atoms with Crippen molar-refractivity contribution in [2.45, 2.75) is 6.42 Å². The van der Waals surface area contributed by atoms with Gasteiger partial charge in [-0.1, -0.05) is 24.3 Å². The van der Waals surface area contributed by atoms with E-state index in [-0.39, 0.29) is 24.8 Å². The number of carbonyl (C=O) groups is 2. The van der Waals surface area contributed by atoms with Gasteiger partial charge in [-0.05, 0) is 48.5 Å². The van der Waals surface area contributed by atoms with Gasteiger partial charge in [0.25, 0.3) is 5.91 Å². The highest BCUT2D eigenvalue weighted by atomic mass is 16.5.